The largest absolute Gasteiger partial charge is 0.326 e. The number of nitrogens with one attached hydrogen (secondary N) is 3. The number of anilines is 3. The van der Waals surface area contributed by atoms with Gasteiger partial charge in [-0.1, -0.05) is 12.1 Å². The molecule has 3 rings (SSSR count). The number of amides is 2. The molecule has 0 radical (unpaired) electrons. The number of sulfonamides is 1. The third-order valence-electron chi connectivity index (χ3n) is 4.00. The molecule has 0 aliphatic rings. The van der Waals surface area contributed by atoms with E-state index in [9.17, 15) is 22.4 Å². The molecule has 0 unspecified atom stereocenters. The van der Waals surface area contributed by atoms with Crippen LogP contribution in [0.4, 0.5) is 21.5 Å². The molecule has 30 heavy (non-hydrogen) atoms. The third kappa shape index (κ3) is 5.21. The fourth-order valence-electron chi connectivity index (χ4n) is 2.63. The van der Waals surface area contributed by atoms with Crippen molar-refractivity contribution in [2.75, 3.05) is 15.4 Å². The third-order valence-corrected chi connectivity index (χ3v) is 5.38. The smallest absolute Gasteiger partial charge is 0.261 e. The molecule has 0 heterocycles. The van der Waals surface area contributed by atoms with Crippen LogP contribution in [0.25, 0.3) is 0 Å². The fourth-order valence-corrected chi connectivity index (χ4v) is 3.71. The van der Waals surface area contributed by atoms with E-state index in [1.807, 2.05) is 0 Å². The van der Waals surface area contributed by atoms with Crippen LogP contribution >= 0.6 is 0 Å². The number of halogens is 1. The molecule has 9 heteroatoms. The van der Waals surface area contributed by atoms with Crippen molar-refractivity contribution in [3.05, 3.63) is 84.2 Å². The summed E-state index contributed by atoms with van der Waals surface area (Å²) in [5.41, 5.74) is 1.22. The number of hydrogen-bond acceptors (Lipinski definition) is 4. The molecule has 154 valence electrons. The number of carbonyl (C=O) groups excluding carboxylic acids is 2. The molecular formula is C21H18FN3O4S. The lowest BCUT2D eigenvalue weighted by molar-refractivity contribution is -0.114. The molecule has 0 saturated heterocycles. The summed E-state index contributed by atoms with van der Waals surface area (Å²) in [6, 6.07) is 16.9. The fraction of sp³-hybridized carbons (Fsp3) is 0.0476. The van der Waals surface area contributed by atoms with Crippen molar-refractivity contribution >= 4 is 38.9 Å². The first-order valence-corrected chi connectivity index (χ1v) is 10.3. The Hall–Kier alpha value is -3.72. The first kappa shape index (κ1) is 21.0. The summed E-state index contributed by atoms with van der Waals surface area (Å²) in [5.74, 6) is -1.30. The van der Waals surface area contributed by atoms with Crippen LogP contribution in [0.15, 0.2) is 77.7 Å². The Morgan fingerprint density at radius 2 is 1.37 bits per heavy atom. The van der Waals surface area contributed by atoms with Gasteiger partial charge in [-0.05, 0) is 60.7 Å². The molecule has 0 spiro atoms. The maximum absolute atomic E-state index is 13.1. The maximum atomic E-state index is 13.1. The second kappa shape index (κ2) is 8.75. The maximum Gasteiger partial charge on any atom is 0.261 e. The summed E-state index contributed by atoms with van der Waals surface area (Å²) in [6.07, 6.45) is 0. The molecule has 0 atom stereocenters. The van der Waals surface area contributed by atoms with Crippen molar-refractivity contribution in [3.8, 4) is 0 Å². The zero-order valence-electron chi connectivity index (χ0n) is 15.8. The van der Waals surface area contributed by atoms with Crippen LogP contribution in [-0.2, 0) is 14.8 Å². The molecule has 0 aliphatic heterocycles. The van der Waals surface area contributed by atoms with Crippen LogP contribution in [0.2, 0.25) is 0 Å². The lowest BCUT2D eigenvalue weighted by Crippen LogP contribution is -2.18. The van der Waals surface area contributed by atoms with Gasteiger partial charge in [-0.3, -0.25) is 14.3 Å². The van der Waals surface area contributed by atoms with Crippen LogP contribution in [0.1, 0.15) is 17.3 Å². The Morgan fingerprint density at radius 3 is 1.97 bits per heavy atom. The lowest BCUT2D eigenvalue weighted by atomic mass is 10.1. The van der Waals surface area contributed by atoms with E-state index in [0.717, 1.165) is 24.3 Å². The average molecular weight is 427 g/mol. The Morgan fingerprint density at radius 1 is 0.800 bits per heavy atom. The molecule has 0 bridgehead atoms. The van der Waals surface area contributed by atoms with E-state index >= 15 is 0 Å². The van der Waals surface area contributed by atoms with Gasteiger partial charge < -0.3 is 10.6 Å². The molecule has 7 nitrogen and oxygen atoms in total. The van der Waals surface area contributed by atoms with Crippen molar-refractivity contribution in [2.24, 2.45) is 0 Å². The molecule has 0 aliphatic carbocycles. The second-order valence-corrected chi connectivity index (χ2v) is 8.00. The summed E-state index contributed by atoms with van der Waals surface area (Å²) in [4.78, 5) is 23.6. The van der Waals surface area contributed by atoms with Gasteiger partial charge in [0.2, 0.25) is 5.91 Å². The molecule has 3 aromatic carbocycles. The van der Waals surface area contributed by atoms with Gasteiger partial charge in [0.25, 0.3) is 15.9 Å². The summed E-state index contributed by atoms with van der Waals surface area (Å²) in [5, 5.41) is 5.30. The number of hydrogen-bond donors (Lipinski definition) is 3. The van der Waals surface area contributed by atoms with E-state index in [2.05, 4.69) is 15.4 Å². The highest BCUT2D eigenvalue weighted by Gasteiger charge is 2.19. The van der Waals surface area contributed by atoms with E-state index in [4.69, 9.17) is 0 Å². The quantitative estimate of drug-likeness (QED) is 0.556. The van der Waals surface area contributed by atoms with Crippen molar-refractivity contribution in [1.29, 1.82) is 0 Å². The standard InChI is InChI=1S/C21H18FN3O4S/c1-14(26)23-16-8-10-17(11-9-16)24-21(27)19-4-2-3-5-20(19)25-30(28,29)18-12-6-15(22)7-13-18/h2-13,25H,1H3,(H,23,26)(H,24,27). The van der Waals surface area contributed by atoms with E-state index in [0.29, 0.717) is 11.4 Å². The monoisotopic (exact) mass is 427 g/mol. The molecule has 0 aromatic heterocycles. The number of para-hydroxylation sites is 1. The minimum atomic E-state index is -4.01. The summed E-state index contributed by atoms with van der Waals surface area (Å²) in [7, 11) is -4.01. The zero-order chi connectivity index (χ0) is 21.7. The van der Waals surface area contributed by atoms with Crippen molar-refractivity contribution in [3.63, 3.8) is 0 Å². The van der Waals surface area contributed by atoms with E-state index in [1.165, 1.54) is 19.1 Å². The van der Waals surface area contributed by atoms with Crippen LogP contribution in [0, 0.1) is 5.82 Å². The zero-order valence-corrected chi connectivity index (χ0v) is 16.7. The summed E-state index contributed by atoms with van der Waals surface area (Å²) < 4.78 is 40.6. The highest BCUT2D eigenvalue weighted by molar-refractivity contribution is 7.92. The highest BCUT2D eigenvalue weighted by Crippen LogP contribution is 2.22. The average Bonchev–Trinajstić information content (AvgIpc) is 2.69. The summed E-state index contributed by atoms with van der Waals surface area (Å²) in [6.45, 7) is 1.39. The molecule has 0 fully saturated rings. The van der Waals surface area contributed by atoms with Crippen LogP contribution < -0.4 is 15.4 Å². The highest BCUT2D eigenvalue weighted by atomic mass is 32.2. The van der Waals surface area contributed by atoms with Gasteiger partial charge in [0, 0.05) is 18.3 Å². The molecule has 2 amide bonds. The topological polar surface area (TPSA) is 104 Å². The Kier molecular flexibility index (Phi) is 6.12. The van der Waals surface area contributed by atoms with Gasteiger partial charge in [-0.25, -0.2) is 12.8 Å². The van der Waals surface area contributed by atoms with Gasteiger partial charge in [0.1, 0.15) is 5.82 Å². The number of carbonyl (C=O) groups is 2. The summed E-state index contributed by atoms with van der Waals surface area (Å²) >= 11 is 0. The van der Waals surface area contributed by atoms with Crippen molar-refractivity contribution in [2.45, 2.75) is 11.8 Å². The first-order valence-electron chi connectivity index (χ1n) is 8.81. The van der Waals surface area contributed by atoms with E-state index in [-0.39, 0.29) is 22.1 Å². The van der Waals surface area contributed by atoms with Crippen LogP contribution in [-0.4, -0.2) is 20.2 Å². The van der Waals surface area contributed by atoms with Crippen molar-refractivity contribution in [1.82, 2.24) is 0 Å². The second-order valence-electron chi connectivity index (χ2n) is 6.32. The molecule has 3 N–H and O–H groups in total. The Bertz CT molecular complexity index is 1180. The Labute approximate surface area is 173 Å². The first-order chi connectivity index (χ1) is 14.2. The minimum Gasteiger partial charge on any atom is -0.326 e. The number of benzene rings is 3. The van der Waals surface area contributed by atoms with Crippen LogP contribution in [0.3, 0.4) is 0 Å². The van der Waals surface area contributed by atoms with Gasteiger partial charge in [-0.2, -0.15) is 0 Å². The van der Waals surface area contributed by atoms with Gasteiger partial charge in [0.05, 0.1) is 16.1 Å². The lowest BCUT2D eigenvalue weighted by Gasteiger charge is -2.13. The Balaban J connectivity index is 1.79. The normalized spacial score (nSPS) is 10.9. The van der Waals surface area contributed by atoms with Gasteiger partial charge in [-0.15, -0.1) is 0 Å². The SMILES string of the molecule is CC(=O)Nc1ccc(NC(=O)c2ccccc2NS(=O)(=O)c2ccc(F)cc2)cc1. The molecule has 3 aromatic rings. The van der Waals surface area contributed by atoms with Crippen molar-refractivity contribution < 1.29 is 22.4 Å². The van der Waals surface area contributed by atoms with Gasteiger partial charge in [0.15, 0.2) is 0 Å². The molecular weight excluding hydrogens is 409 g/mol. The van der Waals surface area contributed by atoms with E-state index < -0.39 is 21.7 Å². The van der Waals surface area contributed by atoms with Gasteiger partial charge >= 0.3 is 0 Å². The predicted molar refractivity (Wildman–Crippen MR) is 112 cm³/mol. The predicted octanol–water partition coefficient (Wildman–Crippen LogP) is 3.84. The minimum absolute atomic E-state index is 0.0780. The van der Waals surface area contributed by atoms with E-state index in [1.54, 1.807) is 36.4 Å². The van der Waals surface area contributed by atoms with Crippen LogP contribution in [0.5, 0.6) is 0 Å². The number of rotatable bonds is 6. The molecule has 0 saturated carbocycles.